The lowest BCUT2D eigenvalue weighted by Crippen LogP contribution is -2.41. The predicted molar refractivity (Wildman–Crippen MR) is 69.4 cm³/mol. The van der Waals surface area contributed by atoms with Gasteiger partial charge in [-0.2, -0.15) is 0 Å². The van der Waals surface area contributed by atoms with Crippen LogP contribution in [0.3, 0.4) is 0 Å². The van der Waals surface area contributed by atoms with Crippen LogP contribution in [0.25, 0.3) is 0 Å². The van der Waals surface area contributed by atoms with Crippen LogP contribution in [-0.2, 0) is 0 Å². The Morgan fingerprint density at radius 1 is 1.50 bits per heavy atom. The van der Waals surface area contributed by atoms with E-state index in [2.05, 4.69) is 10.3 Å². The Morgan fingerprint density at radius 3 is 3.17 bits per heavy atom. The van der Waals surface area contributed by atoms with Crippen molar-refractivity contribution < 1.29 is 4.79 Å². The van der Waals surface area contributed by atoms with Crippen LogP contribution in [0.2, 0.25) is 0 Å². The molecule has 1 N–H and O–H groups in total. The SMILES string of the molecule is Cc1ncccc1C(=O)N1C[C@@H]2CCCN[C@@H]2C1. The summed E-state index contributed by atoms with van der Waals surface area (Å²) in [5, 5.41) is 3.52. The maximum atomic E-state index is 12.5. The quantitative estimate of drug-likeness (QED) is 0.809. The predicted octanol–water partition coefficient (Wildman–Crippen LogP) is 1.21. The van der Waals surface area contributed by atoms with Crippen LogP contribution < -0.4 is 5.32 Å². The highest BCUT2D eigenvalue weighted by atomic mass is 16.2. The molecule has 1 amide bonds. The Labute approximate surface area is 107 Å². The van der Waals surface area contributed by atoms with Crippen LogP contribution in [0.5, 0.6) is 0 Å². The van der Waals surface area contributed by atoms with Gasteiger partial charge in [0.2, 0.25) is 0 Å². The summed E-state index contributed by atoms with van der Waals surface area (Å²) in [6.45, 7) is 4.73. The number of pyridine rings is 1. The van der Waals surface area contributed by atoms with Crippen LogP contribution in [0, 0.1) is 12.8 Å². The average Bonchev–Trinajstić information content (AvgIpc) is 2.82. The van der Waals surface area contributed by atoms with Gasteiger partial charge in [-0.15, -0.1) is 0 Å². The van der Waals surface area contributed by atoms with Crippen LogP contribution in [0.4, 0.5) is 0 Å². The Kier molecular flexibility index (Phi) is 3.04. The van der Waals surface area contributed by atoms with E-state index in [0.717, 1.165) is 30.9 Å². The lowest BCUT2D eigenvalue weighted by atomic mass is 9.94. The van der Waals surface area contributed by atoms with Crippen molar-refractivity contribution in [1.29, 1.82) is 0 Å². The van der Waals surface area contributed by atoms with Crippen LogP contribution >= 0.6 is 0 Å². The number of hydrogen-bond donors (Lipinski definition) is 1. The molecule has 2 aliphatic rings. The molecule has 2 fully saturated rings. The number of fused-ring (bicyclic) bond motifs is 1. The molecule has 3 heterocycles. The highest BCUT2D eigenvalue weighted by Crippen LogP contribution is 2.26. The maximum absolute atomic E-state index is 12.5. The number of likely N-dealkylation sites (tertiary alicyclic amines) is 1. The fourth-order valence-corrected chi connectivity index (χ4v) is 3.09. The number of amides is 1. The second-order valence-corrected chi connectivity index (χ2v) is 5.31. The topological polar surface area (TPSA) is 45.2 Å². The number of aryl methyl sites for hydroxylation is 1. The van der Waals surface area contributed by atoms with Crippen LogP contribution in [-0.4, -0.2) is 41.5 Å². The summed E-state index contributed by atoms with van der Waals surface area (Å²) in [7, 11) is 0. The third-order valence-electron chi connectivity index (χ3n) is 4.12. The Bertz CT molecular complexity index is 446. The molecule has 2 atom stereocenters. The number of aromatic nitrogens is 1. The van der Waals surface area contributed by atoms with Crippen LogP contribution in [0.1, 0.15) is 28.9 Å². The largest absolute Gasteiger partial charge is 0.337 e. The average molecular weight is 245 g/mol. The molecule has 0 bridgehead atoms. The summed E-state index contributed by atoms with van der Waals surface area (Å²) in [6, 6.07) is 4.21. The van der Waals surface area contributed by atoms with E-state index in [1.54, 1.807) is 6.20 Å². The van der Waals surface area contributed by atoms with Crippen LogP contribution in [0.15, 0.2) is 18.3 Å². The van der Waals surface area contributed by atoms with E-state index in [-0.39, 0.29) is 5.91 Å². The summed E-state index contributed by atoms with van der Waals surface area (Å²) in [4.78, 5) is 18.7. The van der Waals surface area contributed by atoms with Crippen molar-refractivity contribution in [2.24, 2.45) is 5.92 Å². The summed E-state index contributed by atoms with van der Waals surface area (Å²) in [5.74, 6) is 0.775. The molecule has 0 aromatic carbocycles. The van der Waals surface area contributed by atoms with E-state index >= 15 is 0 Å². The molecule has 96 valence electrons. The maximum Gasteiger partial charge on any atom is 0.255 e. The Morgan fingerprint density at radius 2 is 2.39 bits per heavy atom. The molecular weight excluding hydrogens is 226 g/mol. The number of hydrogen-bond acceptors (Lipinski definition) is 3. The molecule has 0 unspecified atom stereocenters. The zero-order valence-electron chi connectivity index (χ0n) is 10.7. The second-order valence-electron chi connectivity index (χ2n) is 5.31. The molecule has 0 saturated carbocycles. The third kappa shape index (κ3) is 2.01. The van der Waals surface area contributed by atoms with Crippen molar-refractivity contribution in [3.05, 3.63) is 29.6 Å². The first-order valence-electron chi connectivity index (χ1n) is 6.70. The van der Waals surface area contributed by atoms with Gasteiger partial charge >= 0.3 is 0 Å². The van der Waals surface area contributed by atoms with Gasteiger partial charge in [0, 0.05) is 31.0 Å². The lowest BCUT2D eigenvalue weighted by molar-refractivity contribution is 0.0784. The minimum Gasteiger partial charge on any atom is -0.337 e. The van der Waals surface area contributed by atoms with Gasteiger partial charge in [-0.1, -0.05) is 0 Å². The number of piperidine rings is 1. The summed E-state index contributed by atoms with van der Waals surface area (Å²) in [5.41, 5.74) is 1.57. The van der Waals surface area contributed by atoms with E-state index in [1.165, 1.54) is 12.8 Å². The second kappa shape index (κ2) is 4.69. The smallest absolute Gasteiger partial charge is 0.255 e. The van der Waals surface area contributed by atoms with Gasteiger partial charge in [0.25, 0.3) is 5.91 Å². The van der Waals surface area contributed by atoms with Crippen molar-refractivity contribution in [2.75, 3.05) is 19.6 Å². The monoisotopic (exact) mass is 245 g/mol. The van der Waals surface area contributed by atoms with Gasteiger partial charge in [-0.3, -0.25) is 9.78 Å². The van der Waals surface area contributed by atoms with E-state index < -0.39 is 0 Å². The highest BCUT2D eigenvalue weighted by Gasteiger charge is 2.36. The van der Waals surface area contributed by atoms with E-state index in [1.807, 2.05) is 24.0 Å². The summed E-state index contributed by atoms with van der Waals surface area (Å²) < 4.78 is 0. The van der Waals surface area contributed by atoms with Crippen molar-refractivity contribution in [2.45, 2.75) is 25.8 Å². The van der Waals surface area contributed by atoms with Gasteiger partial charge < -0.3 is 10.2 Å². The van der Waals surface area contributed by atoms with E-state index in [9.17, 15) is 4.79 Å². The van der Waals surface area contributed by atoms with Gasteiger partial charge in [0.05, 0.1) is 5.56 Å². The van der Waals surface area contributed by atoms with Gasteiger partial charge in [0.1, 0.15) is 0 Å². The molecule has 0 radical (unpaired) electrons. The minimum atomic E-state index is 0.136. The van der Waals surface area contributed by atoms with Gasteiger partial charge in [-0.05, 0) is 44.4 Å². The zero-order valence-corrected chi connectivity index (χ0v) is 10.7. The number of rotatable bonds is 1. The summed E-state index contributed by atoms with van der Waals surface area (Å²) >= 11 is 0. The Balaban J connectivity index is 1.76. The molecule has 1 aromatic rings. The zero-order chi connectivity index (χ0) is 12.5. The minimum absolute atomic E-state index is 0.136. The molecular formula is C14H19N3O. The number of carbonyl (C=O) groups is 1. The third-order valence-corrected chi connectivity index (χ3v) is 4.12. The van der Waals surface area contributed by atoms with Crippen molar-refractivity contribution in [3.8, 4) is 0 Å². The lowest BCUT2D eigenvalue weighted by Gasteiger charge is -2.24. The molecule has 4 heteroatoms. The number of nitrogens with zero attached hydrogens (tertiary/aromatic N) is 2. The molecule has 2 aliphatic heterocycles. The van der Waals surface area contributed by atoms with Gasteiger partial charge in [0.15, 0.2) is 0 Å². The first-order valence-corrected chi connectivity index (χ1v) is 6.70. The fraction of sp³-hybridized carbons (Fsp3) is 0.571. The summed E-state index contributed by atoms with van der Waals surface area (Å²) in [6.07, 6.45) is 4.21. The highest BCUT2D eigenvalue weighted by molar-refractivity contribution is 5.95. The molecule has 1 aromatic heterocycles. The van der Waals surface area contributed by atoms with Crippen molar-refractivity contribution >= 4 is 5.91 Å². The molecule has 18 heavy (non-hydrogen) atoms. The molecule has 2 saturated heterocycles. The fourth-order valence-electron chi connectivity index (χ4n) is 3.09. The molecule has 3 rings (SSSR count). The standard InChI is InChI=1S/C14H19N3O/c1-10-12(5-3-6-15-10)14(18)17-8-11-4-2-7-16-13(11)9-17/h3,5-6,11,13,16H,2,4,7-9H2,1H3/t11-,13+/m0/s1. The number of carbonyl (C=O) groups excluding carboxylic acids is 1. The van der Waals surface area contributed by atoms with Crippen molar-refractivity contribution in [3.63, 3.8) is 0 Å². The van der Waals surface area contributed by atoms with E-state index in [4.69, 9.17) is 0 Å². The first kappa shape index (κ1) is 11.7. The number of nitrogens with one attached hydrogen (secondary N) is 1. The molecule has 0 aliphatic carbocycles. The molecule has 0 spiro atoms. The Hall–Kier alpha value is -1.42. The van der Waals surface area contributed by atoms with Crippen molar-refractivity contribution in [1.82, 2.24) is 15.2 Å². The van der Waals surface area contributed by atoms with E-state index in [0.29, 0.717) is 12.0 Å². The van der Waals surface area contributed by atoms with Gasteiger partial charge in [-0.25, -0.2) is 0 Å². The first-order chi connectivity index (χ1) is 8.75. The normalized spacial score (nSPS) is 27.1. The molecule has 4 nitrogen and oxygen atoms in total.